The van der Waals surface area contributed by atoms with Gasteiger partial charge in [0.15, 0.2) is 17.4 Å². The quantitative estimate of drug-likeness (QED) is 0.846. The van der Waals surface area contributed by atoms with Crippen LogP contribution in [0.15, 0.2) is 18.2 Å². The molecule has 6 heteroatoms. The molecule has 0 aliphatic carbocycles. The van der Waals surface area contributed by atoms with Crippen LogP contribution >= 0.6 is 0 Å². The molecule has 1 aromatic heterocycles. The van der Waals surface area contributed by atoms with E-state index in [2.05, 4.69) is 10.3 Å². The second-order valence-electron chi connectivity index (χ2n) is 5.55. The lowest BCUT2D eigenvalue weighted by atomic mass is 10.1. The summed E-state index contributed by atoms with van der Waals surface area (Å²) in [5.41, 5.74) is 2.44. The molecule has 23 heavy (non-hydrogen) atoms. The van der Waals surface area contributed by atoms with E-state index in [1.165, 1.54) is 13.0 Å². The fraction of sp³-hybridized carbons (Fsp3) is 0.294. The summed E-state index contributed by atoms with van der Waals surface area (Å²) in [6.07, 6.45) is 0. The monoisotopic (exact) mass is 320 g/mol. The van der Waals surface area contributed by atoms with E-state index in [0.717, 1.165) is 12.1 Å². The zero-order chi connectivity index (χ0) is 17.3. The van der Waals surface area contributed by atoms with E-state index in [0.29, 0.717) is 28.1 Å². The van der Waals surface area contributed by atoms with Gasteiger partial charge in [0.25, 0.3) is 5.91 Å². The highest BCUT2D eigenvalue weighted by atomic mass is 19.2. The lowest BCUT2D eigenvalue weighted by Crippen LogP contribution is -2.27. The topological polar surface area (TPSA) is 62.0 Å². The third-order valence-electron chi connectivity index (χ3n) is 3.81. The first-order chi connectivity index (χ1) is 10.7. The number of Topliss-reactive ketones (excluding diaryl/α,β-unsaturated/α-hetero) is 1. The van der Waals surface area contributed by atoms with E-state index in [-0.39, 0.29) is 5.78 Å². The zero-order valence-electron chi connectivity index (χ0n) is 13.4. The number of halogens is 2. The third-order valence-corrected chi connectivity index (χ3v) is 3.81. The predicted molar refractivity (Wildman–Crippen MR) is 82.5 cm³/mol. The molecule has 2 rings (SSSR count). The number of carbonyl (C=O) groups is 2. The molecule has 0 saturated carbocycles. The van der Waals surface area contributed by atoms with Crippen LogP contribution in [0.4, 0.5) is 8.78 Å². The highest BCUT2D eigenvalue weighted by Gasteiger charge is 2.21. The number of aromatic nitrogens is 1. The number of ketones is 1. The zero-order valence-corrected chi connectivity index (χ0v) is 13.4. The number of rotatable bonds is 4. The van der Waals surface area contributed by atoms with Gasteiger partial charge in [-0.15, -0.1) is 0 Å². The molecule has 0 fully saturated rings. The predicted octanol–water partition coefficient (Wildman–Crippen LogP) is 3.60. The van der Waals surface area contributed by atoms with Crippen molar-refractivity contribution in [2.45, 2.75) is 33.7 Å². The molecule has 0 radical (unpaired) electrons. The van der Waals surface area contributed by atoms with Crippen LogP contribution in [0, 0.1) is 25.5 Å². The molecule has 2 N–H and O–H groups in total. The number of benzene rings is 1. The molecule has 4 nitrogen and oxygen atoms in total. The van der Waals surface area contributed by atoms with Gasteiger partial charge in [0.1, 0.15) is 5.69 Å². The number of aromatic amines is 1. The molecule has 0 bridgehead atoms. The van der Waals surface area contributed by atoms with Gasteiger partial charge in [-0.3, -0.25) is 9.59 Å². The molecular weight excluding hydrogens is 302 g/mol. The first-order valence-electron chi connectivity index (χ1n) is 7.18. The average molecular weight is 320 g/mol. The molecule has 0 aliphatic heterocycles. The second-order valence-corrected chi connectivity index (χ2v) is 5.55. The van der Waals surface area contributed by atoms with Crippen LogP contribution in [-0.4, -0.2) is 16.7 Å². The third kappa shape index (κ3) is 3.31. The minimum Gasteiger partial charge on any atom is -0.354 e. The summed E-state index contributed by atoms with van der Waals surface area (Å²) in [6, 6.07) is 2.97. The molecule has 1 unspecified atom stereocenters. The van der Waals surface area contributed by atoms with Crippen LogP contribution < -0.4 is 5.32 Å². The average Bonchev–Trinajstić information content (AvgIpc) is 2.76. The van der Waals surface area contributed by atoms with Crippen LogP contribution in [0.1, 0.15) is 57.6 Å². The molecule has 0 aliphatic rings. The Kier molecular flexibility index (Phi) is 4.63. The number of aryl methyl sites for hydroxylation is 1. The van der Waals surface area contributed by atoms with Crippen LogP contribution in [0.5, 0.6) is 0 Å². The summed E-state index contributed by atoms with van der Waals surface area (Å²) >= 11 is 0. The Morgan fingerprint density at radius 1 is 1.17 bits per heavy atom. The fourth-order valence-electron chi connectivity index (χ4n) is 2.64. The summed E-state index contributed by atoms with van der Waals surface area (Å²) in [5, 5.41) is 2.71. The second kappa shape index (κ2) is 6.32. The van der Waals surface area contributed by atoms with E-state index in [9.17, 15) is 18.4 Å². The number of H-pyrrole nitrogens is 1. The molecule has 0 spiro atoms. The van der Waals surface area contributed by atoms with Gasteiger partial charge in [0.2, 0.25) is 0 Å². The molecule has 122 valence electrons. The summed E-state index contributed by atoms with van der Waals surface area (Å²) in [6.45, 7) is 6.52. The van der Waals surface area contributed by atoms with Crippen LogP contribution in [0.3, 0.4) is 0 Å². The first kappa shape index (κ1) is 16.9. The van der Waals surface area contributed by atoms with E-state index >= 15 is 0 Å². The van der Waals surface area contributed by atoms with Crippen molar-refractivity contribution >= 4 is 11.7 Å². The molecule has 1 atom stereocenters. The minimum atomic E-state index is -0.964. The fourth-order valence-corrected chi connectivity index (χ4v) is 2.64. The Morgan fingerprint density at radius 3 is 2.35 bits per heavy atom. The lowest BCUT2D eigenvalue weighted by Gasteiger charge is -2.14. The van der Waals surface area contributed by atoms with Crippen molar-refractivity contribution in [1.82, 2.24) is 10.3 Å². The van der Waals surface area contributed by atoms with Gasteiger partial charge in [-0.05, 0) is 51.0 Å². The van der Waals surface area contributed by atoms with Gasteiger partial charge in [-0.25, -0.2) is 8.78 Å². The maximum atomic E-state index is 13.3. The van der Waals surface area contributed by atoms with E-state index in [4.69, 9.17) is 0 Å². The SMILES string of the molecule is CC(=O)c1c(C)[nH]c(C(=O)NC(C)c2ccc(F)c(F)c2)c1C. The summed E-state index contributed by atoms with van der Waals surface area (Å²) < 4.78 is 26.2. The molecule has 1 amide bonds. The van der Waals surface area contributed by atoms with E-state index in [1.54, 1.807) is 20.8 Å². The van der Waals surface area contributed by atoms with Gasteiger partial charge in [-0.2, -0.15) is 0 Å². The Labute approximate surface area is 132 Å². The van der Waals surface area contributed by atoms with Gasteiger partial charge in [0.05, 0.1) is 6.04 Å². The molecular formula is C17H18F2N2O2. The highest BCUT2D eigenvalue weighted by molar-refractivity contribution is 6.02. The molecule has 1 aromatic carbocycles. The van der Waals surface area contributed by atoms with Crippen molar-refractivity contribution in [3.05, 3.63) is 57.9 Å². The van der Waals surface area contributed by atoms with Crippen molar-refractivity contribution in [2.24, 2.45) is 0 Å². The van der Waals surface area contributed by atoms with Crippen LogP contribution in [0.2, 0.25) is 0 Å². The van der Waals surface area contributed by atoms with E-state index in [1.807, 2.05) is 0 Å². The number of carbonyl (C=O) groups excluding carboxylic acids is 2. The highest BCUT2D eigenvalue weighted by Crippen LogP contribution is 2.20. The Bertz CT molecular complexity index is 781. The smallest absolute Gasteiger partial charge is 0.268 e. The first-order valence-corrected chi connectivity index (χ1v) is 7.18. The van der Waals surface area contributed by atoms with Crippen molar-refractivity contribution in [3.8, 4) is 0 Å². The Morgan fingerprint density at radius 2 is 1.83 bits per heavy atom. The summed E-state index contributed by atoms with van der Waals surface area (Å²) in [5.74, 6) is -2.43. The number of nitrogens with one attached hydrogen (secondary N) is 2. The van der Waals surface area contributed by atoms with Crippen molar-refractivity contribution in [2.75, 3.05) is 0 Å². The van der Waals surface area contributed by atoms with Gasteiger partial charge < -0.3 is 10.3 Å². The standard InChI is InChI=1S/C17H18F2N2O2/c1-8-15(11(4)22)10(3)20-16(8)17(23)21-9(2)12-5-6-13(18)14(19)7-12/h5-7,9,20H,1-4H3,(H,21,23). The van der Waals surface area contributed by atoms with Gasteiger partial charge in [-0.1, -0.05) is 6.07 Å². The van der Waals surface area contributed by atoms with Crippen molar-refractivity contribution in [3.63, 3.8) is 0 Å². The van der Waals surface area contributed by atoms with E-state index < -0.39 is 23.6 Å². The number of hydrogen-bond donors (Lipinski definition) is 2. The molecule has 2 aromatic rings. The molecule has 0 saturated heterocycles. The maximum Gasteiger partial charge on any atom is 0.268 e. The van der Waals surface area contributed by atoms with Crippen LogP contribution in [0.25, 0.3) is 0 Å². The van der Waals surface area contributed by atoms with Crippen LogP contribution in [-0.2, 0) is 0 Å². The number of hydrogen-bond acceptors (Lipinski definition) is 2. The number of amides is 1. The minimum absolute atomic E-state index is 0.121. The van der Waals surface area contributed by atoms with Gasteiger partial charge in [0, 0.05) is 11.3 Å². The molecule has 1 heterocycles. The normalized spacial score (nSPS) is 12.1. The Balaban J connectivity index is 2.23. The summed E-state index contributed by atoms with van der Waals surface area (Å²) in [4.78, 5) is 26.9. The van der Waals surface area contributed by atoms with Crippen molar-refractivity contribution in [1.29, 1.82) is 0 Å². The van der Waals surface area contributed by atoms with Gasteiger partial charge >= 0.3 is 0 Å². The van der Waals surface area contributed by atoms with Crippen molar-refractivity contribution < 1.29 is 18.4 Å². The maximum absolute atomic E-state index is 13.3. The Hall–Kier alpha value is -2.50. The summed E-state index contributed by atoms with van der Waals surface area (Å²) in [7, 11) is 0. The lowest BCUT2D eigenvalue weighted by molar-refractivity contribution is 0.0934. The largest absolute Gasteiger partial charge is 0.354 e.